The summed E-state index contributed by atoms with van der Waals surface area (Å²) in [6.45, 7) is 5.98. The molecule has 2 aromatic heterocycles. The second-order valence-electron chi connectivity index (χ2n) is 6.40. The van der Waals surface area contributed by atoms with Gasteiger partial charge in [-0.25, -0.2) is 9.97 Å². The van der Waals surface area contributed by atoms with Crippen LogP contribution in [0.15, 0.2) is 11.1 Å². The lowest BCUT2D eigenvalue weighted by molar-refractivity contribution is -0.113. The van der Waals surface area contributed by atoms with Crippen LogP contribution in [0, 0.1) is 31.1 Å². The summed E-state index contributed by atoms with van der Waals surface area (Å²) in [4.78, 5) is 22.1. The molecule has 0 saturated heterocycles. The number of nitrogens with one attached hydrogen (secondary N) is 1. The number of amides is 1. The molecule has 5 nitrogen and oxygen atoms in total. The number of anilines is 1. The molecule has 2 heterocycles. The summed E-state index contributed by atoms with van der Waals surface area (Å²) in [5.74, 6) is 1.50. The first kappa shape index (κ1) is 17.9. The van der Waals surface area contributed by atoms with Crippen molar-refractivity contribution in [3.05, 3.63) is 33.6 Å². The third-order valence-electron chi connectivity index (χ3n) is 4.17. The molecule has 0 bridgehead atoms. The largest absolute Gasteiger partial charge is 0.316 e. The molecular weight excluding hydrogens is 352 g/mol. The van der Waals surface area contributed by atoms with Crippen LogP contribution in [-0.4, -0.2) is 21.6 Å². The zero-order valence-electron chi connectivity index (χ0n) is 14.5. The van der Waals surface area contributed by atoms with E-state index < -0.39 is 0 Å². The van der Waals surface area contributed by atoms with Crippen molar-refractivity contribution in [1.29, 1.82) is 5.26 Å². The minimum absolute atomic E-state index is 0.109. The average molecular weight is 373 g/mol. The van der Waals surface area contributed by atoms with Crippen LogP contribution >= 0.6 is 23.1 Å². The lowest BCUT2D eigenvalue weighted by Gasteiger charge is -2.17. The Bertz CT molecular complexity index is 833. The molecule has 0 radical (unpaired) electrons. The predicted molar refractivity (Wildman–Crippen MR) is 101 cm³/mol. The molecule has 1 unspecified atom stereocenters. The molecule has 0 aliphatic heterocycles. The van der Waals surface area contributed by atoms with Crippen LogP contribution in [0.3, 0.4) is 0 Å². The van der Waals surface area contributed by atoms with Crippen molar-refractivity contribution in [3.8, 4) is 6.07 Å². The number of rotatable bonds is 4. The first-order valence-corrected chi connectivity index (χ1v) is 10.1. The number of fused-ring (bicyclic) bond motifs is 1. The van der Waals surface area contributed by atoms with Crippen LogP contribution in [-0.2, 0) is 17.6 Å². The van der Waals surface area contributed by atoms with Crippen molar-refractivity contribution in [1.82, 2.24) is 9.97 Å². The van der Waals surface area contributed by atoms with Crippen molar-refractivity contribution < 1.29 is 4.79 Å². The molecular formula is C18H20N4OS2. The van der Waals surface area contributed by atoms with Gasteiger partial charge in [0.1, 0.15) is 21.9 Å². The van der Waals surface area contributed by atoms with Crippen molar-refractivity contribution in [2.45, 2.75) is 45.1 Å². The first-order chi connectivity index (χ1) is 12.0. The van der Waals surface area contributed by atoms with E-state index in [1.54, 1.807) is 11.3 Å². The normalized spacial score (nSPS) is 16.2. The van der Waals surface area contributed by atoms with Gasteiger partial charge in [-0.15, -0.1) is 11.3 Å². The summed E-state index contributed by atoms with van der Waals surface area (Å²) in [6, 6.07) is 4.15. The Morgan fingerprint density at radius 1 is 1.48 bits per heavy atom. The highest BCUT2D eigenvalue weighted by molar-refractivity contribution is 7.99. The number of carbonyl (C=O) groups excluding carboxylic acids is 1. The summed E-state index contributed by atoms with van der Waals surface area (Å²) in [5.41, 5.74) is 2.68. The van der Waals surface area contributed by atoms with Gasteiger partial charge in [-0.1, -0.05) is 18.7 Å². The van der Waals surface area contributed by atoms with Crippen molar-refractivity contribution in [2.75, 3.05) is 11.1 Å². The second kappa shape index (κ2) is 7.54. The quantitative estimate of drug-likeness (QED) is 0.651. The van der Waals surface area contributed by atoms with Crippen LogP contribution in [0.2, 0.25) is 0 Å². The molecule has 1 atom stereocenters. The number of aromatic nitrogens is 2. The van der Waals surface area contributed by atoms with E-state index in [2.05, 4.69) is 28.3 Å². The first-order valence-electron chi connectivity index (χ1n) is 8.26. The highest BCUT2D eigenvalue weighted by Crippen LogP contribution is 2.39. The van der Waals surface area contributed by atoms with Gasteiger partial charge in [-0.05, 0) is 50.7 Å². The molecule has 0 saturated carbocycles. The molecule has 1 N–H and O–H groups in total. The van der Waals surface area contributed by atoms with Gasteiger partial charge in [-0.3, -0.25) is 4.79 Å². The third-order valence-corrected chi connectivity index (χ3v) is 6.25. The zero-order chi connectivity index (χ0) is 18.0. The van der Waals surface area contributed by atoms with Gasteiger partial charge in [0.25, 0.3) is 0 Å². The fraction of sp³-hybridized carbons (Fsp3) is 0.444. The molecule has 0 fully saturated rings. The molecule has 1 aliphatic rings. The van der Waals surface area contributed by atoms with Gasteiger partial charge < -0.3 is 5.32 Å². The standard InChI is InChI=1S/C18H20N4OS2/c1-10-4-5-13-14(8-19)18(25-15(13)6-10)22-16(23)9-24-17-7-11(2)20-12(3)21-17/h7,10H,4-6,9H2,1-3H3,(H,22,23). The average Bonchev–Trinajstić information content (AvgIpc) is 2.88. The van der Waals surface area contributed by atoms with Crippen molar-refractivity contribution in [2.24, 2.45) is 5.92 Å². The van der Waals surface area contributed by atoms with E-state index in [1.165, 1.54) is 16.6 Å². The SMILES string of the molecule is Cc1cc(SCC(=O)Nc2sc3c(c2C#N)CCC(C)C3)nc(C)n1. The molecule has 2 aromatic rings. The summed E-state index contributed by atoms with van der Waals surface area (Å²) in [5, 5.41) is 13.9. The summed E-state index contributed by atoms with van der Waals surface area (Å²) in [7, 11) is 0. The van der Waals surface area contributed by atoms with E-state index in [0.29, 0.717) is 22.3 Å². The van der Waals surface area contributed by atoms with Crippen LogP contribution < -0.4 is 5.32 Å². The number of thiophene rings is 1. The minimum atomic E-state index is -0.109. The number of nitrogens with zero attached hydrogens (tertiary/aromatic N) is 3. The summed E-state index contributed by atoms with van der Waals surface area (Å²) < 4.78 is 0. The van der Waals surface area contributed by atoms with Gasteiger partial charge in [0.05, 0.1) is 11.3 Å². The van der Waals surface area contributed by atoms with E-state index in [9.17, 15) is 10.1 Å². The molecule has 7 heteroatoms. The molecule has 3 rings (SSSR count). The lowest BCUT2D eigenvalue weighted by Crippen LogP contribution is -2.14. The van der Waals surface area contributed by atoms with Gasteiger partial charge in [0, 0.05) is 10.6 Å². The smallest absolute Gasteiger partial charge is 0.235 e. The molecule has 0 aromatic carbocycles. The van der Waals surface area contributed by atoms with Gasteiger partial charge >= 0.3 is 0 Å². The molecule has 0 spiro atoms. The third kappa shape index (κ3) is 4.20. The van der Waals surface area contributed by atoms with Gasteiger partial charge in [0.15, 0.2) is 0 Å². The number of hydrogen-bond acceptors (Lipinski definition) is 6. The zero-order valence-corrected chi connectivity index (χ0v) is 16.2. The Hall–Kier alpha value is -1.91. The Morgan fingerprint density at radius 2 is 2.28 bits per heavy atom. The maximum atomic E-state index is 12.3. The fourth-order valence-corrected chi connectivity index (χ4v) is 5.20. The van der Waals surface area contributed by atoms with E-state index in [1.807, 2.05) is 19.9 Å². The Morgan fingerprint density at radius 3 is 3.00 bits per heavy atom. The van der Waals surface area contributed by atoms with Crippen molar-refractivity contribution >= 4 is 34.0 Å². The topological polar surface area (TPSA) is 78.7 Å². The Balaban J connectivity index is 1.68. The Kier molecular flexibility index (Phi) is 5.40. The highest BCUT2D eigenvalue weighted by atomic mass is 32.2. The van der Waals surface area contributed by atoms with Gasteiger partial charge in [-0.2, -0.15) is 5.26 Å². The molecule has 1 amide bonds. The number of thioether (sulfide) groups is 1. The van der Waals surface area contributed by atoms with E-state index >= 15 is 0 Å². The van der Waals surface area contributed by atoms with Crippen LogP contribution in [0.1, 0.15) is 40.9 Å². The van der Waals surface area contributed by atoms with Gasteiger partial charge in [0.2, 0.25) is 5.91 Å². The summed E-state index contributed by atoms with van der Waals surface area (Å²) in [6.07, 6.45) is 3.03. The maximum Gasteiger partial charge on any atom is 0.235 e. The Labute approximate surface area is 155 Å². The molecule has 1 aliphatic carbocycles. The lowest BCUT2D eigenvalue weighted by atomic mass is 9.89. The van der Waals surface area contributed by atoms with E-state index in [4.69, 9.17) is 0 Å². The highest BCUT2D eigenvalue weighted by Gasteiger charge is 2.24. The van der Waals surface area contributed by atoms with E-state index in [0.717, 1.165) is 35.5 Å². The van der Waals surface area contributed by atoms with E-state index in [-0.39, 0.29) is 11.7 Å². The number of carbonyl (C=O) groups is 1. The number of hydrogen-bond donors (Lipinski definition) is 1. The number of aryl methyl sites for hydroxylation is 2. The summed E-state index contributed by atoms with van der Waals surface area (Å²) >= 11 is 2.94. The van der Waals surface area contributed by atoms with Crippen molar-refractivity contribution in [3.63, 3.8) is 0 Å². The number of nitriles is 1. The molecule has 25 heavy (non-hydrogen) atoms. The van der Waals surface area contributed by atoms with Crippen LogP contribution in [0.5, 0.6) is 0 Å². The second-order valence-corrected chi connectivity index (χ2v) is 8.50. The fourth-order valence-electron chi connectivity index (χ4n) is 3.02. The van der Waals surface area contributed by atoms with Crippen LogP contribution in [0.4, 0.5) is 5.00 Å². The van der Waals surface area contributed by atoms with Crippen LogP contribution in [0.25, 0.3) is 0 Å². The minimum Gasteiger partial charge on any atom is -0.316 e. The maximum absolute atomic E-state index is 12.3. The monoisotopic (exact) mass is 372 g/mol. The predicted octanol–water partition coefficient (Wildman–Crippen LogP) is 3.88. The molecule has 130 valence electrons.